The van der Waals surface area contributed by atoms with Gasteiger partial charge in [-0.25, -0.2) is 0 Å². The Labute approximate surface area is 99.3 Å². The summed E-state index contributed by atoms with van der Waals surface area (Å²) in [6.45, 7) is 0. The quantitative estimate of drug-likeness (QED) is 0.672. The molecule has 0 saturated carbocycles. The van der Waals surface area contributed by atoms with Gasteiger partial charge in [0.1, 0.15) is 0 Å². The lowest BCUT2D eigenvalue weighted by atomic mass is 10.1. The van der Waals surface area contributed by atoms with Crippen LogP contribution in [0.4, 0.5) is 13.2 Å². The fourth-order valence-corrected chi connectivity index (χ4v) is 2.63. The Morgan fingerprint density at radius 2 is 1.75 bits per heavy atom. The van der Waals surface area contributed by atoms with Gasteiger partial charge in [-0.15, -0.1) is 11.3 Å². The highest BCUT2D eigenvalue weighted by molar-refractivity contribution is 7.13. The Morgan fingerprint density at radius 3 is 2.38 bits per heavy atom. The van der Waals surface area contributed by atoms with Crippen LogP contribution in [0.1, 0.15) is 5.56 Å². The second-order valence-corrected chi connectivity index (χ2v) is 4.46. The molecule has 0 nitrogen and oxygen atoms in total. The molecule has 0 saturated heterocycles. The van der Waals surface area contributed by atoms with E-state index in [1.54, 1.807) is 24.3 Å². The maximum atomic E-state index is 12.7. The topological polar surface area (TPSA) is 0 Å². The maximum Gasteiger partial charge on any atom is 0.417 e. The van der Waals surface area contributed by atoms with E-state index in [2.05, 4.69) is 0 Å². The third-order valence-electron chi connectivity index (χ3n) is 2.09. The van der Waals surface area contributed by atoms with E-state index in [1.165, 1.54) is 5.38 Å². The molecule has 84 valence electrons. The Hall–Kier alpha value is -1.00. The van der Waals surface area contributed by atoms with Crippen LogP contribution in [0.2, 0.25) is 5.02 Å². The van der Waals surface area contributed by atoms with E-state index in [0.717, 1.165) is 17.4 Å². The molecule has 0 fully saturated rings. The highest BCUT2D eigenvalue weighted by Crippen LogP contribution is 2.42. The van der Waals surface area contributed by atoms with Gasteiger partial charge in [-0.3, -0.25) is 0 Å². The van der Waals surface area contributed by atoms with Crippen LogP contribution in [0.15, 0.2) is 35.7 Å². The average Bonchev–Trinajstić information content (AvgIpc) is 2.66. The van der Waals surface area contributed by atoms with E-state index in [9.17, 15) is 13.2 Å². The standard InChI is InChI=1S/C11H6ClF3S/c12-9-4-2-1-3-7(9)10-8(5-6-16-10)11(13,14)15/h1-6H. The molecule has 0 aliphatic heterocycles. The second kappa shape index (κ2) is 4.11. The van der Waals surface area contributed by atoms with Gasteiger partial charge in [0, 0.05) is 15.5 Å². The van der Waals surface area contributed by atoms with Gasteiger partial charge >= 0.3 is 6.18 Å². The van der Waals surface area contributed by atoms with Gasteiger partial charge in [0.25, 0.3) is 0 Å². The molecule has 0 radical (unpaired) electrons. The van der Waals surface area contributed by atoms with Gasteiger partial charge in [-0.05, 0) is 17.5 Å². The number of hydrogen-bond donors (Lipinski definition) is 0. The Bertz CT molecular complexity index is 502. The van der Waals surface area contributed by atoms with E-state index in [-0.39, 0.29) is 4.88 Å². The molecular weight excluding hydrogens is 257 g/mol. The summed E-state index contributed by atoms with van der Waals surface area (Å²) >= 11 is 6.92. The van der Waals surface area contributed by atoms with Gasteiger partial charge in [0.2, 0.25) is 0 Å². The minimum atomic E-state index is -4.34. The number of alkyl halides is 3. The highest BCUT2D eigenvalue weighted by Gasteiger charge is 2.34. The molecule has 2 aromatic rings. The zero-order valence-corrected chi connectivity index (χ0v) is 9.46. The molecule has 0 atom stereocenters. The Kier molecular flexibility index (Phi) is 2.95. The van der Waals surface area contributed by atoms with Crippen molar-refractivity contribution in [3.8, 4) is 10.4 Å². The number of rotatable bonds is 1. The summed E-state index contributed by atoms with van der Waals surface area (Å²) in [4.78, 5) is 0.165. The third kappa shape index (κ3) is 2.08. The lowest BCUT2D eigenvalue weighted by Gasteiger charge is -2.08. The molecule has 0 aliphatic carbocycles. The van der Waals surface area contributed by atoms with Crippen molar-refractivity contribution in [2.75, 3.05) is 0 Å². The zero-order chi connectivity index (χ0) is 11.8. The number of halogens is 4. The van der Waals surface area contributed by atoms with Crippen molar-refractivity contribution in [2.45, 2.75) is 6.18 Å². The van der Waals surface area contributed by atoms with Crippen molar-refractivity contribution in [2.24, 2.45) is 0 Å². The molecular formula is C11H6ClF3S. The predicted molar refractivity (Wildman–Crippen MR) is 59.8 cm³/mol. The molecule has 1 aromatic carbocycles. The lowest BCUT2D eigenvalue weighted by Crippen LogP contribution is -2.04. The van der Waals surface area contributed by atoms with E-state index in [1.807, 2.05) is 0 Å². The molecule has 16 heavy (non-hydrogen) atoms. The van der Waals surface area contributed by atoms with Crippen molar-refractivity contribution in [3.63, 3.8) is 0 Å². The highest BCUT2D eigenvalue weighted by atomic mass is 35.5. The van der Waals surface area contributed by atoms with E-state index >= 15 is 0 Å². The van der Waals surface area contributed by atoms with Crippen LogP contribution in [0, 0.1) is 0 Å². The van der Waals surface area contributed by atoms with Crippen LogP contribution in [-0.4, -0.2) is 0 Å². The van der Waals surface area contributed by atoms with Crippen molar-refractivity contribution in [1.29, 1.82) is 0 Å². The molecule has 0 spiro atoms. The average molecular weight is 263 g/mol. The fourth-order valence-electron chi connectivity index (χ4n) is 1.39. The zero-order valence-electron chi connectivity index (χ0n) is 7.88. The van der Waals surface area contributed by atoms with Crippen LogP contribution < -0.4 is 0 Å². The van der Waals surface area contributed by atoms with E-state index < -0.39 is 11.7 Å². The number of thiophene rings is 1. The maximum absolute atomic E-state index is 12.7. The largest absolute Gasteiger partial charge is 0.417 e. The van der Waals surface area contributed by atoms with Gasteiger partial charge in [0.15, 0.2) is 0 Å². The summed E-state index contributed by atoms with van der Waals surface area (Å²) in [5.41, 5.74) is -0.211. The number of hydrogen-bond acceptors (Lipinski definition) is 1. The summed E-state index contributed by atoms with van der Waals surface area (Å²) in [5, 5.41) is 1.75. The van der Waals surface area contributed by atoms with Crippen molar-refractivity contribution >= 4 is 22.9 Å². The van der Waals surface area contributed by atoms with E-state index in [0.29, 0.717) is 10.6 Å². The molecule has 5 heteroatoms. The fraction of sp³-hybridized carbons (Fsp3) is 0.0909. The first-order valence-electron chi connectivity index (χ1n) is 4.40. The monoisotopic (exact) mass is 262 g/mol. The summed E-state index contributed by atoms with van der Waals surface area (Å²) in [6.07, 6.45) is -4.34. The minimum absolute atomic E-state index is 0.165. The molecule has 1 aromatic heterocycles. The molecule has 0 N–H and O–H groups in total. The normalized spacial score (nSPS) is 11.8. The summed E-state index contributed by atoms with van der Waals surface area (Å²) < 4.78 is 38.0. The first kappa shape index (κ1) is 11.5. The van der Waals surface area contributed by atoms with Gasteiger partial charge < -0.3 is 0 Å². The molecule has 0 aliphatic rings. The van der Waals surface area contributed by atoms with Crippen LogP contribution in [0.3, 0.4) is 0 Å². The molecule has 0 bridgehead atoms. The van der Waals surface area contributed by atoms with Crippen molar-refractivity contribution < 1.29 is 13.2 Å². The summed E-state index contributed by atoms with van der Waals surface area (Å²) in [6, 6.07) is 7.59. The van der Waals surface area contributed by atoms with Gasteiger partial charge in [-0.1, -0.05) is 29.8 Å². The Morgan fingerprint density at radius 1 is 1.06 bits per heavy atom. The van der Waals surface area contributed by atoms with Crippen molar-refractivity contribution in [1.82, 2.24) is 0 Å². The number of benzene rings is 1. The van der Waals surface area contributed by atoms with Crippen molar-refractivity contribution in [3.05, 3.63) is 46.3 Å². The Balaban J connectivity index is 2.58. The first-order valence-corrected chi connectivity index (χ1v) is 5.65. The SMILES string of the molecule is FC(F)(F)c1ccsc1-c1ccccc1Cl. The minimum Gasteiger partial charge on any atom is -0.166 e. The van der Waals surface area contributed by atoms with Crippen LogP contribution in [0.25, 0.3) is 10.4 Å². The smallest absolute Gasteiger partial charge is 0.166 e. The second-order valence-electron chi connectivity index (χ2n) is 3.14. The summed E-state index contributed by atoms with van der Waals surface area (Å²) in [7, 11) is 0. The first-order chi connectivity index (χ1) is 7.50. The van der Waals surface area contributed by atoms with Crippen LogP contribution >= 0.6 is 22.9 Å². The lowest BCUT2D eigenvalue weighted by molar-refractivity contribution is -0.136. The van der Waals surface area contributed by atoms with Gasteiger partial charge in [0.05, 0.1) is 5.56 Å². The van der Waals surface area contributed by atoms with Crippen LogP contribution in [-0.2, 0) is 6.18 Å². The molecule has 2 rings (SSSR count). The van der Waals surface area contributed by atoms with Crippen LogP contribution in [0.5, 0.6) is 0 Å². The van der Waals surface area contributed by atoms with E-state index in [4.69, 9.17) is 11.6 Å². The predicted octanol–water partition coefficient (Wildman–Crippen LogP) is 5.09. The molecule has 0 unspecified atom stereocenters. The molecule has 0 amide bonds. The summed E-state index contributed by atoms with van der Waals surface area (Å²) in [5.74, 6) is 0. The molecule has 1 heterocycles. The third-order valence-corrected chi connectivity index (χ3v) is 3.37. The van der Waals surface area contributed by atoms with Gasteiger partial charge in [-0.2, -0.15) is 13.2 Å².